The van der Waals surface area contributed by atoms with E-state index in [4.69, 9.17) is 9.31 Å². The molecule has 0 amide bonds. The first-order valence-corrected chi connectivity index (χ1v) is 8.09. The molecule has 2 heterocycles. The Bertz CT molecular complexity index is 572. The maximum Gasteiger partial charge on any atom is 0.494 e. The van der Waals surface area contributed by atoms with Gasteiger partial charge in [-0.1, -0.05) is 12.1 Å². The fraction of sp³-hybridized carbons (Fsp3) is 0.571. The molecule has 1 fully saturated rings. The van der Waals surface area contributed by atoms with Gasteiger partial charge in [-0.25, -0.2) is 4.21 Å². The number of rotatable bonds is 1. The molecule has 1 aromatic carbocycles. The molecule has 0 spiro atoms. The normalized spacial score (nSPS) is 26.9. The van der Waals surface area contributed by atoms with Gasteiger partial charge in [-0.05, 0) is 44.8 Å². The lowest BCUT2D eigenvalue weighted by Gasteiger charge is -2.32. The maximum atomic E-state index is 11.8. The van der Waals surface area contributed by atoms with Gasteiger partial charge in [0.2, 0.25) is 0 Å². The van der Waals surface area contributed by atoms with Crippen LogP contribution in [0.1, 0.15) is 33.3 Å². The van der Waals surface area contributed by atoms with E-state index in [2.05, 4.69) is 6.07 Å². The molecule has 6 heteroatoms. The van der Waals surface area contributed by atoms with E-state index >= 15 is 0 Å². The smallest absolute Gasteiger partial charge is 0.399 e. The van der Waals surface area contributed by atoms with Crippen LogP contribution in [0, 0.1) is 0 Å². The van der Waals surface area contributed by atoms with Crippen molar-refractivity contribution < 1.29 is 13.5 Å². The van der Waals surface area contributed by atoms with Crippen LogP contribution >= 0.6 is 0 Å². The number of nitrogens with zero attached hydrogens (tertiary/aromatic N) is 1. The molecule has 4 nitrogen and oxygen atoms in total. The molecule has 1 unspecified atom stereocenters. The summed E-state index contributed by atoms with van der Waals surface area (Å²) < 4.78 is 25.8. The van der Waals surface area contributed by atoms with E-state index in [-0.39, 0.29) is 18.3 Å². The van der Waals surface area contributed by atoms with Crippen LogP contribution in [0.4, 0.5) is 5.69 Å². The van der Waals surface area contributed by atoms with Gasteiger partial charge >= 0.3 is 7.12 Å². The molecule has 0 saturated carbocycles. The van der Waals surface area contributed by atoms with Crippen molar-refractivity contribution in [3.05, 3.63) is 23.8 Å². The van der Waals surface area contributed by atoms with Crippen LogP contribution in [0.25, 0.3) is 0 Å². The Morgan fingerprint density at radius 1 is 1.20 bits per heavy atom. The topological polar surface area (TPSA) is 38.8 Å². The molecule has 3 rings (SSSR count). The largest absolute Gasteiger partial charge is 0.494 e. The van der Waals surface area contributed by atoms with Crippen molar-refractivity contribution in [3.63, 3.8) is 0 Å². The molecule has 1 saturated heterocycles. The summed E-state index contributed by atoms with van der Waals surface area (Å²) in [5.74, 6) is 0.569. The van der Waals surface area contributed by atoms with Gasteiger partial charge < -0.3 is 9.31 Å². The molecule has 0 bridgehead atoms. The van der Waals surface area contributed by atoms with E-state index in [1.165, 1.54) is 0 Å². The fourth-order valence-corrected chi connectivity index (χ4v) is 3.58. The highest BCUT2D eigenvalue weighted by molar-refractivity contribution is 7.86. The second-order valence-electron chi connectivity index (χ2n) is 6.44. The minimum Gasteiger partial charge on any atom is -0.399 e. The lowest BCUT2D eigenvalue weighted by molar-refractivity contribution is 0.00578. The first-order chi connectivity index (χ1) is 9.21. The van der Waals surface area contributed by atoms with Crippen molar-refractivity contribution in [2.75, 3.05) is 11.4 Å². The molecule has 0 aromatic heterocycles. The summed E-state index contributed by atoms with van der Waals surface area (Å²) in [5, 5.41) is 0. The second-order valence-corrected chi connectivity index (χ2v) is 7.92. The van der Waals surface area contributed by atoms with Crippen LogP contribution in [0.5, 0.6) is 0 Å². The summed E-state index contributed by atoms with van der Waals surface area (Å²) >= 11 is 0. The Kier molecular flexibility index (Phi) is 3.05. The summed E-state index contributed by atoms with van der Waals surface area (Å²) in [7, 11) is 0.548. The van der Waals surface area contributed by atoms with E-state index in [1.807, 2.05) is 51.2 Å². The summed E-state index contributed by atoms with van der Waals surface area (Å²) in [5.41, 5.74) is 2.45. The average Bonchev–Trinajstić information content (AvgIpc) is 2.74. The van der Waals surface area contributed by atoms with Crippen LogP contribution in [0.2, 0.25) is 0 Å². The van der Waals surface area contributed by atoms with E-state index in [1.54, 1.807) is 0 Å². The number of benzene rings is 1. The monoisotopic (exact) mass is 293 g/mol. The van der Waals surface area contributed by atoms with Crippen molar-refractivity contribution in [1.82, 2.24) is 0 Å². The Morgan fingerprint density at radius 3 is 2.40 bits per heavy atom. The summed E-state index contributed by atoms with van der Waals surface area (Å²) in [6.45, 7) is 8.18. The summed E-state index contributed by atoms with van der Waals surface area (Å²) in [6.07, 6.45) is 0. The molecule has 1 atom stereocenters. The highest BCUT2D eigenvalue weighted by Gasteiger charge is 2.51. The van der Waals surface area contributed by atoms with E-state index in [0.717, 1.165) is 16.7 Å². The van der Waals surface area contributed by atoms with Crippen LogP contribution in [-0.4, -0.2) is 29.6 Å². The van der Waals surface area contributed by atoms with Gasteiger partial charge in [0.1, 0.15) is 11.0 Å². The highest BCUT2D eigenvalue weighted by Crippen LogP contribution is 2.37. The van der Waals surface area contributed by atoms with Crippen LogP contribution < -0.4 is 9.77 Å². The Hall–Kier alpha value is -0.845. The SMILES string of the molecule is CN1c2ccc(B3OC(C)(C)C(C)(C)O3)cc2CS1=O. The average molecular weight is 293 g/mol. The summed E-state index contributed by atoms with van der Waals surface area (Å²) in [6, 6.07) is 6.06. The van der Waals surface area contributed by atoms with E-state index in [9.17, 15) is 4.21 Å². The quantitative estimate of drug-likeness (QED) is 0.738. The van der Waals surface area contributed by atoms with E-state index < -0.39 is 11.0 Å². The molecular formula is C14H20BNO3S. The van der Waals surface area contributed by atoms with Crippen molar-refractivity contribution in [3.8, 4) is 0 Å². The van der Waals surface area contributed by atoms with Gasteiger partial charge in [-0.3, -0.25) is 4.31 Å². The molecule has 0 radical (unpaired) electrons. The Balaban J connectivity index is 1.91. The molecule has 0 N–H and O–H groups in total. The molecule has 20 heavy (non-hydrogen) atoms. The second kappa shape index (κ2) is 4.32. The maximum absolute atomic E-state index is 11.8. The first kappa shape index (κ1) is 14.1. The zero-order chi connectivity index (χ0) is 14.7. The van der Waals surface area contributed by atoms with Gasteiger partial charge in [0.15, 0.2) is 0 Å². The Labute approximate surface area is 123 Å². The van der Waals surface area contributed by atoms with Gasteiger partial charge in [-0.15, -0.1) is 0 Å². The lowest BCUT2D eigenvalue weighted by atomic mass is 9.78. The zero-order valence-electron chi connectivity index (χ0n) is 12.6. The predicted molar refractivity (Wildman–Crippen MR) is 82.4 cm³/mol. The van der Waals surface area contributed by atoms with Gasteiger partial charge in [0.05, 0.1) is 22.6 Å². The van der Waals surface area contributed by atoms with Crippen molar-refractivity contribution in [2.24, 2.45) is 0 Å². The third-order valence-electron chi connectivity index (χ3n) is 4.55. The minimum absolute atomic E-state index is 0.337. The van der Waals surface area contributed by atoms with Crippen LogP contribution in [0.3, 0.4) is 0 Å². The van der Waals surface area contributed by atoms with Gasteiger partial charge in [-0.2, -0.15) is 0 Å². The number of fused-ring (bicyclic) bond motifs is 1. The van der Waals surface area contributed by atoms with Crippen molar-refractivity contribution >= 4 is 29.3 Å². The molecule has 2 aliphatic rings. The van der Waals surface area contributed by atoms with Crippen LogP contribution in [0.15, 0.2) is 18.2 Å². The molecule has 108 valence electrons. The minimum atomic E-state index is -0.953. The molecule has 2 aliphatic heterocycles. The first-order valence-electron chi connectivity index (χ1n) is 6.82. The van der Waals surface area contributed by atoms with E-state index in [0.29, 0.717) is 5.75 Å². The Morgan fingerprint density at radius 2 is 1.80 bits per heavy atom. The standard InChI is InChI=1S/C14H20BNO3S/c1-13(2)14(3,4)19-15(18-13)11-6-7-12-10(8-11)9-20(17)16(12)5/h6-8H,9H2,1-5H3. The fourth-order valence-electron chi connectivity index (χ4n) is 2.49. The van der Waals surface area contributed by atoms with Gasteiger partial charge in [0, 0.05) is 7.05 Å². The van der Waals surface area contributed by atoms with Crippen LogP contribution in [-0.2, 0) is 26.0 Å². The summed E-state index contributed by atoms with van der Waals surface area (Å²) in [4.78, 5) is 0. The number of anilines is 1. The lowest BCUT2D eigenvalue weighted by Crippen LogP contribution is -2.41. The third kappa shape index (κ3) is 2.01. The van der Waals surface area contributed by atoms with Crippen molar-refractivity contribution in [2.45, 2.75) is 44.6 Å². The molecular weight excluding hydrogens is 273 g/mol. The van der Waals surface area contributed by atoms with Gasteiger partial charge in [0.25, 0.3) is 0 Å². The third-order valence-corrected chi connectivity index (χ3v) is 5.92. The number of hydrogen-bond acceptors (Lipinski definition) is 3. The van der Waals surface area contributed by atoms with Crippen molar-refractivity contribution in [1.29, 1.82) is 0 Å². The number of hydrogen-bond donors (Lipinski definition) is 0. The molecule has 0 aliphatic carbocycles. The predicted octanol–water partition coefficient (Wildman–Crippen LogP) is 1.60. The molecule has 1 aromatic rings. The highest BCUT2D eigenvalue weighted by atomic mass is 32.2. The zero-order valence-corrected chi connectivity index (χ0v) is 13.4.